The number of aliphatic hydroxyl groups is 1. The maximum Gasteiger partial charge on any atom is 0.142 e. The maximum atomic E-state index is 9.16. The molecule has 1 unspecified atom stereocenters. The number of rotatable bonds is 4. The summed E-state index contributed by atoms with van der Waals surface area (Å²) < 4.78 is 7.18. The molecule has 0 amide bonds. The lowest BCUT2D eigenvalue weighted by atomic mass is 10.2. The molecule has 0 fully saturated rings. The van der Waals surface area contributed by atoms with Crippen molar-refractivity contribution in [1.82, 2.24) is 9.55 Å². The fraction of sp³-hybridized carbons (Fsp3) is 0.308. The molecule has 2 rings (SSSR count). The Labute approximate surface area is 106 Å². The van der Waals surface area contributed by atoms with E-state index in [0.717, 1.165) is 22.7 Å². The Morgan fingerprint density at radius 3 is 2.94 bits per heavy atom. The number of aryl methyl sites for hydroxylation is 1. The summed E-state index contributed by atoms with van der Waals surface area (Å²) in [4.78, 5) is 4.09. The Balaban J connectivity index is 2.55. The number of ether oxygens (including phenoxy) is 1. The molecular formula is C13H17N3O2. The summed E-state index contributed by atoms with van der Waals surface area (Å²) in [7, 11) is 1.62. The molecule has 0 bridgehead atoms. The number of nitrogens with zero attached hydrogens (tertiary/aromatic N) is 2. The number of methoxy groups -OCH3 is 1. The van der Waals surface area contributed by atoms with Gasteiger partial charge in [0.1, 0.15) is 5.75 Å². The van der Waals surface area contributed by atoms with E-state index in [0.29, 0.717) is 0 Å². The summed E-state index contributed by atoms with van der Waals surface area (Å²) in [6, 6.07) is 5.41. The van der Waals surface area contributed by atoms with Crippen LogP contribution in [-0.4, -0.2) is 28.4 Å². The van der Waals surface area contributed by atoms with Crippen LogP contribution in [0.5, 0.6) is 5.75 Å². The second kappa shape index (κ2) is 5.20. The number of imidazole rings is 1. The van der Waals surface area contributed by atoms with Gasteiger partial charge in [-0.1, -0.05) is 6.07 Å². The molecular weight excluding hydrogens is 230 g/mol. The Bertz CT molecular complexity index is 537. The van der Waals surface area contributed by atoms with Crippen molar-refractivity contribution in [3.05, 3.63) is 42.0 Å². The minimum Gasteiger partial charge on any atom is -0.495 e. The second-order valence-electron chi connectivity index (χ2n) is 4.15. The van der Waals surface area contributed by atoms with Crippen LogP contribution in [0.2, 0.25) is 0 Å². The van der Waals surface area contributed by atoms with E-state index in [2.05, 4.69) is 4.98 Å². The lowest BCUT2D eigenvalue weighted by Crippen LogP contribution is -2.18. The van der Waals surface area contributed by atoms with Crippen molar-refractivity contribution in [2.24, 2.45) is 5.73 Å². The van der Waals surface area contributed by atoms with Crippen molar-refractivity contribution >= 4 is 0 Å². The predicted molar refractivity (Wildman–Crippen MR) is 68.9 cm³/mol. The van der Waals surface area contributed by atoms with Crippen molar-refractivity contribution in [1.29, 1.82) is 0 Å². The standard InChI is InChI=1S/C13H17N3O2/c1-9-3-4-13(18-2)11(5-9)16-8-15-6-12(16)10(14)7-17/h3-6,8,10,17H,7,14H2,1-2H3. The molecule has 0 saturated heterocycles. The van der Waals surface area contributed by atoms with Gasteiger partial charge in [-0.2, -0.15) is 0 Å². The third kappa shape index (κ3) is 2.23. The van der Waals surface area contributed by atoms with E-state index < -0.39 is 6.04 Å². The van der Waals surface area contributed by atoms with Gasteiger partial charge in [0.25, 0.3) is 0 Å². The minimum atomic E-state index is -0.460. The molecule has 3 N–H and O–H groups in total. The molecule has 0 saturated carbocycles. The van der Waals surface area contributed by atoms with Crippen LogP contribution in [0.4, 0.5) is 0 Å². The van der Waals surface area contributed by atoms with Crippen molar-refractivity contribution in [2.75, 3.05) is 13.7 Å². The summed E-state index contributed by atoms with van der Waals surface area (Å²) in [5.74, 6) is 0.741. The molecule has 5 heteroatoms. The first-order valence-electron chi connectivity index (χ1n) is 5.71. The fourth-order valence-corrected chi connectivity index (χ4v) is 1.86. The zero-order chi connectivity index (χ0) is 13.1. The molecule has 0 spiro atoms. The van der Waals surface area contributed by atoms with E-state index in [9.17, 15) is 0 Å². The van der Waals surface area contributed by atoms with Gasteiger partial charge in [-0.05, 0) is 24.6 Å². The smallest absolute Gasteiger partial charge is 0.142 e. The van der Waals surface area contributed by atoms with Crippen LogP contribution >= 0.6 is 0 Å². The first-order chi connectivity index (χ1) is 8.67. The number of hydrogen-bond acceptors (Lipinski definition) is 4. The van der Waals surface area contributed by atoms with Crippen LogP contribution in [0.1, 0.15) is 17.3 Å². The molecule has 1 heterocycles. The number of nitrogens with two attached hydrogens (primary N) is 1. The van der Waals surface area contributed by atoms with Gasteiger partial charge in [0.15, 0.2) is 0 Å². The fourth-order valence-electron chi connectivity index (χ4n) is 1.86. The highest BCUT2D eigenvalue weighted by atomic mass is 16.5. The summed E-state index contributed by atoms with van der Waals surface area (Å²) in [5, 5.41) is 9.16. The van der Waals surface area contributed by atoms with Crippen LogP contribution in [-0.2, 0) is 0 Å². The van der Waals surface area contributed by atoms with Gasteiger partial charge in [0.2, 0.25) is 0 Å². The van der Waals surface area contributed by atoms with E-state index in [1.165, 1.54) is 0 Å². The lowest BCUT2D eigenvalue weighted by Gasteiger charge is -2.15. The highest BCUT2D eigenvalue weighted by Gasteiger charge is 2.14. The third-order valence-corrected chi connectivity index (χ3v) is 2.84. The molecule has 0 aliphatic heterocycles. The van der Waals surface area contributed by atoms with Crippen molar-refractivity contribution in [3.63, 3.8) is 0 Å². The van der Waals surface area contributed by atoms with Gasteiger partial charge >= 0.3 is 0 Å². The van der Waals surface area contributed by atoms with Gasteiger partial charge in [-0.15, -0.1) is 0 Å². The Hall–Kier alpha value is -1.85. The van der Waals surface area contributed by atoms with Crippen LogP contribution in [0.25, 0.3) is 5.69 Å². The average molecular weight is 247 g/mol. The largest absolute Gasteiger partial charge is 0.495 e. The van der Waals surface area contributed by atoms with Crippen molar-refractivity contribution in [3.8, 4) is 11.4 Å². The van der Waals surface area contributed by atoms with Gasteiger partial charge < -0.3 is 15.6 Å². The van der Waals surface area contributed by atoms with Gasteiger partial charge in [0.05, 0.1) is 43.7 Å². The zero-order valence-corrected chi connectivity index (χ0v) is 10.5. The van der Waals surface area contributed by atoms with Crippen LogP contribution in [0.15, 0.2) is 30.7 Å². The monoisotopic (exact) mass is 247 g/mol. The molecule has 1 atom stereocenters. The van der Waals surface area contributed by atoms with Gasteiger partial charge in [-0.25, -0.2) is 4.98 Å². The normalized spacial score (nSPS) is 12.4. The molecule has 1 aromatic heterocycles. The molecule has 0 aliphatic carbocycles. The summed E-state index contributed by atoms with van der Waals surface area (Å²) in [5.41, 5.74) is 8.59. The highest BCUT2D eigenvalue weighted by Crippen LogP contribution is 2.26. The molecule has 0 aliphatic rings. The van der Waals surface area contributed by atoms with Crippen LogP contribution in [0, 0.1) is 6.92 Å². The molecule has 18 heavy (non-hydrogen) atoms. The molecule has 5 nitrogen and oxygen atoms in total. The van der Waals surface area contributed by atoms with Crippen molar-refractivity contribution < 1.29 is 9.84 Å². The summed E-state index contributed by atoms with van der Waals surface area (Å²) in [6.45, 7) is 1.88. The highest BCUT2D eigenvalue weighted by molar-refractivity contribution is 5.50. The van der Waals surface area contributed by atoms with E-state index >= 15 is 0 Å². The maximum absolute atomic E-state index is 9.16. The van der Waals surface area contributed by atoms with Gasteiger partial charge in [0, 0.05) is 0 Å². The lowest BCUT2D eigenvalue weighted by molar-refractivity contribution is 0.264. The number of hydrogen-bond donors (Lipinski definition) is 2. The molecule has 96 valence electrons. The third-order valence-electron chi connectivity index (χ3n) is 2.84. The number of aromatic nitrogens is 2. The molecule has 2 aromatic rings. The Kier molecular flexibility index (Phi) is 3.64. The van der Waals surface area contributed by atoms with Crippen LogP contribution in [0.3, 0.4) is 0 Å². The van der Waals surface area contributed by atoms with E-state index in [-0.39, 0.29) is 6.61 Å². The summed E-state index contributed by atoms with van der Waals surface area (Å²) >= 11 is 0. The van der Waals surface area contributed by atoms with E-state index in [4.69, 9.17) is 15.6 Å². The van der Waals surface area contributed by atoms with Crippen LogP contribution < -0.4 is 10.5 Å². The van der Waals surface area contributed by atoms with Gasteiger partial charge in [-0.3, -0.25) is 4.57 Å². The molecule has 0 radical (unpaired) electrons. The topological polar surface area (TPSA) is 73.3 Å². The zero-order valence-electron chi connectivity index (χ0n) is 10.5. The first kappa shape index (κ1) is 12.6. The average Bonchev–Trinajstić information content (AvgIpc) is 2.86. The van der Waals surface area contributed by atoms with Crippen molar-refractivity contribution in [2.45, 2.75) is 13.0 Å². The Morgan fingerprint density at radius 2 is 2.28 bits per heavy atom. The Morgan fingerprint density at radius 1 is 1.50 bits per heavy atom. The summed E-state index contributed by atoms with van der Waals surface area (Å²) in [6.07, 6.45) is 3.32. The second-order valence-corrected chi connectivity index (χ2v) is 4.15. The van der Waals surface area contributed by atoms with E-state index in [1.54, 1.807) is 19.6 Å². The minimum absolute atomic E-state index is 0.125. The number of aliphatic hydroxyl groups excluding tert-OH is 1. The quantitative estimate of drug-likeness (QED) is 0.851. The SMILES string of the molecule is COc1ccc(C)cc1-n1cncc1C(N)CO. The molecule has 1 aromatic carbocycles. The predicted octanol–water partition coefficient (Wildman–Crippen LogP) is 1.18. The number of benzene rings is 1. The van der Waals surface area contributed by atoms with E-state index in [1.807, 2.05) is 29.7 Å². The first-order valence-corrected chi connectivity index (χ1v) is 5.71.